The Hall–Kier alpha value is -2.99. The molecule has 4 aromatic rings. The van der Waals surface area contributed by atoms with Gasteiger partial charge in [0.2, 0.25) is 0 Å². The van der Waals surface area contributed by atoms with Gasteiger partial charge in [0, 0.05) is 17.2 Å². The van der Waals surface area contributed by atoms with Crippen molar-refractivity contribution < 1.29 is 13.6 Å². The molecule has 154 valence electrons. The van der Waals surface area contributed by atoms with E-state index in [1.807, 2.05) is 60.7 Å². The van der Waals surface area contributed by atoms with Crippen molar-refractivity contribution in [3.63, 3.8) is 0 Å². The molecule has 2 aromatic carbocycles. The molecule has 0 aliphatic carbocycles. The molecule has 2 N–H and O–H groups in total. The lowest BCUT2D eigenvalue weighted by molar-refractivity contribution is 0.230. The smallest absolute Gasteiger partial charge is 0.367 e. The molecular weight excluding hydrogens is 399 g/mol. The number of benzene rings is 2. The molecule has 0 fully saturated rings. The first-order valence-electron chi connectivity index (χ1n) is 9.77. The average Bonchev–Trinajstić information content (AvgIpc) is 3.16. The summed E-state index contributed by atoms with van der Waals surface area (Å²) in [5.41, 5.74) is 9.49. The summed E-state index contributed by atoms with van der Waals surface area (Å²) < 4.78 is 26.7. The van der Waals surface area contributed by atoms with E-state index in [9.17, 15) is 4.57 Å². The number of nitrogen functional groups attached to an aromatic ring is 1. The fourth-order valence-corrected chi connectivity index (χ4v) is 5.17. The summed E-state index contributed by atoms with van der Waals surface area (Å²) in [6.45, 7) is 3.99. The molecule has 0 saturated heterocycles. The second kappa shape index (κ2) is 8.40. The maximum Gasteiger partial charge on any atom is 0.367 e. The average molecular weight is 422 g/mol. The fraction of sp³-hybridized carbons (Fsp3) is 0.182. The van der Waals surface area contributed by atoms with Gasteiger partial charge < -0.3 is 14.8 Å². The summed E-state index contributed by atoms with van der Waals surface area (Å²) in [6, 6.07) is 20.9. The van der Waals surface area contributed by atoms with Gasteiger partial charge in [0.25, 0.3) is 0 Å². The van der Waals surface area contributed by atoms with Crippen LogP contribution < -0.4 is 11.0 Å². The summed E-state index contributed by atoms with van der Waals surface area (Å²) in [5, 5.41) is 4.97. The molecule has 0 amide bonds. The van der Waals surface area contributed by atoms with Crippen LogP contribution in [0.15, 0.2) is 66.7 Å². The van der Waals surface area contributed by atoms with Crippen molar-refractivity contribution in [2.75, 3.05) is 18.9 Å². The number of nitrogens with two attached hydrogens (primary N) is 1. The van der Waals surface area contributed by atoms with Crippen LogP contribution in [0.4, 0.5) is 5.82 Å². The summed E-state index contributed by atoms with van der Waals surface area (Å²) in [4.78, 5) is 4.77. The van der Waals surface area contributed by atoms with Gasteiger partial charge in [-0.1, -0.05) is 60.7 Å². The molecule has 7 nitrogen and oxygen atoms in total. The van der Waals surface area contributed by atoms with E-state index in [-0.39, 0.29) is 13.2 Å². The molecule has 0 aliphatic rings. The third-order valence-corrected chi connectivity index (χ3v) is 6.74. The van der Waals surface area contributed by atoms with E-state index < -0.39 is 7.60 Å². The van der Waals surface area contributed by atoms with Crippen LogP contribution >= 0.6 is 7.60 Å². The number of nitrogens with zero attached hydrogens (tertiary/aromatic N) is 3. The summed E-state index contributed by atoms with van der Waals surface area (Å²) in [7, 11) is -3.71. The van der Waals surface area contributed by atoms with Crippen LogP contribution in [0.5, 0.6) is 0 Å². The van der Waals surface area contributed by atoms with Crippen LogP contribution in [-0.4, -0.2) is 27.8 Å². The van der Waals surface area contributed by atoms with E-state index in [2.05, 4.69) is 5.10 Å². The molecule has 2 aromatic heterocycles. The zero-order valence-electron chi connectivity index (χ0n) is 16.9. The molecule has 0 atom stereocenters. The number of rotatable bonds is 7. The quantitative estimate of drug-likeness (QED) is 0.440. The summed E-state index contributed by atoms with van der Waals surface area (Å²) in [6.07, 6.45) is 0. The number of fused-ring (bicyclic) bond motifs is 1. The van der Waals surface area contributed by atoms with Crippen molar-refractivity contribution in [2.45, 2.75) is 13.8 Å². The topological polar surface area (TPSA) is 91.7 Å². The Morgan fingerprint density at radius 3 is 2.07 bits per heavy atom. The highest BCUT2D eigenvalue weighted by molar-refractivity contribution is 7.63. The van der Waals surface area contributed by atoms with E-state index in [0.717, 1.165) is 11.1 Å². The summed E-state index contributed by atoms with van der Waals surface area (Å²) in [5.74, 6) is 0.377. The summed E-state index contributed by atoms with van der Waals surface area (Å²) >= 11 is 0. The molecule has 0 saturated carbocycles. The van der Waals surface area contributed by atoms with Crippen molar-refractivity contribution in [3.8, 4) is 22.5 Å². The Morgan fingerprint density at radius 2 is 1.50 bits per heavy atom. The van der Waals surface area contributed by atoms with Crippen LogP contribution in [0.2, 0.25) is 0 Å². The van der Waals surface area contributed by atoms with Gasteiger partial charge >= 0.3 is 7.60 Å². The highest BCUT2D eigenvalue weighted by atomic mass is 31.2. The van der Waals surface area contributed by atoms with Crippen LogP contribution in [0.1, 0.15) is 13.8 Å². The number of anilines is 1. The molecule has 0 aliphatic heterocycles. The number of aromatic nitrogens is 3. The lowest BCUT2D eigenvalue weighted by atomic mass is 10.1. The first kappa shape index (κ1) is 20.3. The molecule has 4 rings (SSSR count). The van der Waals surface area contributed by atoms with Gasteiger partial charge in [-0.25, -0.2) is 4.98 Å². The van der Waals surface area contributed by atoms with E-state index >= 15 is 0 Å². The van der Waals surface area contributed by atoms with Gasteiger partial charge in [0.15, 0.2) is 5.65 Å². The van der Waals surface area contributed by atoms with E-state index in [1.165, 1.54) is 4.52 Å². The second-order valence-electron chi connectivity index (χ2n) is 6.56. The minimum absolute atomic E-state index is 0.219. The molecule has 30 heavy (non-hydrogen) atoms. The van der Waals surface area contributed by atoms with Crippen molar-refractivity contribution in [2.24, 2.45) is 0 Å². The Balaban J connectivity index is 2.06. The SMILES string of the molecule is CCOP(=O)(OCC)c1c(-c2ccccc2)nn2c(N)cc(-c3ccccc3)nc12. The third kappa shape index (κ3) is 3.63. The van der Waals surface area contributed by atoms with Gasteiger partial charge in [-0.3, -0.25) is 4.57 Å². The zero-order chi connectivity index (χ0) is 21.1. The lowest BCUT2D eigenvalue weighted by Crippen LogP contribution is -2.14. The highest BCUT2D eigenvalue weighted by Gasteiger charge is 2.36. The third-order valence-electron chi connectivity index (χ3n) is 4.58. The van der Waals surface area contributed by atoms with E-state index in [0.29, 0.717) is 28.2 Å². The van der Waals surface area contributed by atoms with Gasteiger partial charge in [-0.05, 0) is 13.8 Å². The molecule has 0 radical (unpaired) electrons. The predicted molar refractivity (Wildman–Crippen MR) is 119 cm³/mol. The van der Waals surface area contributed by atoms with Gasteiger partial charge in [0.05, 0.1) is 18.9 Å². The molecule has 0 unspecified atom stereocenters. The molecule has 8 heteroatoms. The first-order valence-corrected chi connectivity index (χ1v) is 11.3. The van der Waals surface area contributed by atoms with E-state index in [4.69, 9.17) is 19.8 Å². The largest absolute Gasteiger partial charge is 0.384 e. The molecule has 0 spiro atoms. The van der Waals surface area contributed by atoms with E-state index in [1.54, 1.807) is 19.9 Å². The number of hydrogen-bond acceptors (Lipinski definition) is 6. The Bertz CT molecular complexity index is 1200. The molecular formula is C22H23N4O3P. The molecule has 0 bridgehead atoms. The van der Waals surface area contributed by atoms with Gasteiger partial charge in [0.1, 0.15) is 16.8 Å². The molecule has 2 heterocycles. The van der Waals surface area contributed by atoms with Gasteiger partial charge in [-0.2, -0.15) is 9.61 Å². The Labute approximate surface area is 175 Å². The minimum Gasteiger partial charge on any atom is -0.384 e. The van der Waals surface area contributed by atoms with Crippen LogP contribution in [0, 0.1) is 0 Å². The fourth-order valence-electron chi connectivity index (χ4n) is 3.33. The lowest BCUT2D eigenvalue weighted by Gasteiger charge is -2.17. The van der Waals surface area contributed by atoms with Crippen molar-refractivity contribution in [1.29, 1.82) is 0 Å². The monoisotopic (exact) mass is 422 g/mol. The van der Waals surface area contributed by atoms with Crippen LogP contribution in [-0.2, 0) is 13.6 Å². The minimum atomic E-state index is -3.71. The second-order valence-corrected chi connectivity index (χ2v) is 8.52. The Kier molecular flexibility index (Phi) is 5.68. The normalized spacial score (nSPS) is 11.8. The van der Waals surface area contributed by atoms with Crippen molar-refractivity contribution >= 4 is 24.4 Å². The number of hydrogen-bond donors (Lipinski definition) is 1. The predicted octanol–water partition coefficient (Wildman–Crippen LogP) is 4.54. The van der Waals surface area contributed by atoms with Crippen molar-refractivity contribution in [3.05, 3.63) is 66.7 Å². The maximum atomic E-state index is 13.9. The van der Waals surface area contributed by atoms with Crippen molar-refractivity contribution in [1.82, 2.24) is 14.6 Å². The van der Waals surface area contributed by atoms with Crippen LogP contribution in [0.25, 0.3) is 28.2 Å². The zero-order valence-corrected chi connectivity index (χ0v) is 17.8. The van der Waals surface area contributed by atoms with Gasteiger partial charge in [-0.15, -0.1) is 0 Å². The maximum absolute atomic E-state index is 13.9. The standard InChI is InChI=1S/C22H23N4O3P/c1-3-28-30(27,29-4-2)21-20(17-13-9-6-10-14-17)25-26-19(23)15-18(24-22(21)26)16-11-7-5-8-12-16/h5-15H,3-4,23H2,1-2H3. The highest BCUT2D eigenvalue weighted by Crippen LogP contribution is 2.50. The Morgan fingerprint density at radius 1 is 0.933 bits per heavy atom. The first-order chi connectivity index (χ1) is 14.6. The van der Waals surface area contributed by atoms with Crippen LogP contribution in [0.3, 0.4) is 0 Å².